The molecule has 0 fully saturated rings. The number of carbonyl (C=O) groups is 1. The van der Waals surface area contributed by atoms with Gasteiger partial charge in [0.2, 0.25) is 0 Å². The third kappa shape index (κ3) is 2.94. The minimum absolute atomic E-state index is 0.144. The zero-order valence-corrected chi connectivity index (χ0v) is 9.82. The van der Waals surface area contributed by atoms with Gasteiger partial charge in [-0.1, -0.05) is 24.3 Å². The summed E-state index contributed by atoms with van der Waals surface area (Å²) in [7, 11) is 0. The smallest absolute Gasteiger partial charge is 0.166 e. The molecule has 90 valence electrons. The molecule has 0 aromatic heterocycles. The summed E-state index contributed by atoms with van der Waals surface area (Å²) in [5.74, 6) is 0.144. The first-order valence-electron chi connectivity index (χ1n) is 5.92. The maximum absolute atomic E-state index is 12.0. The van der Waals surface area contributed by atoms with Crippen LogP contribution in [0.1, 0.15) is 24.0 Å². The molecule has 0 radical (unpaired) electrons. The third-order valence-corrected chi connectivity index (χ3v) is 2.98. The molecule has 2 N–H and O–H groups in total. The van der Waals surface area contributed by atoms with Crippen LogP contribution in [0.4, 0.5) is 0 Å². The molecule has 2 rings (SSSR count). The van der Waals surface area contributed by atoms with Crippen LogP contribution in [-0.4, -0.2) is 12.4 Å². The van der Waals surface area contributed by atoms with Gasteiger partial charge in [-0.3, -0.25) is 4.79 Å². The third-order valence-electron chi connectivity index (χ3n) is 2.98. The fraction of sp³-hybridized carbons (Fsp3) is 0.357. The molecule has 0 aliphatic carbocycles. The molecule has 3 heteroatoms. The molecule has 0 saturated heterocycles. The van der Waals surface area contributed by atoms with Gasteiger partial charge in [0.05, 0.1) is 12.9 Å². The SMILES string of the molecule is NCc1ccccc1CC(=O)C1=COCCC1. The normalized spacial score (nSPS) is 15.0. The van der Waals surface area contributed by atoms with Gasteiger partial charge in [-0.2, -0.15) is 0 Å². The Bertz CT molecular complexity index is 438. The number of nitrogens with two attached hydrogens (primary N) is 1. The Labute approximate surface area is 101 Å². The van der Waals surface area contributed by atoms with E-state index in [9.17, 15) is 4.79 Å². The predicted molar refractivity (Wildman–Crippen MR) is 66.3 cm³/mol. The second kappa shape index (κ2) is 5.64. The summed E-state index contributed by atoms with van der Waals surface area (Å²) >= 11 is 0. The van der Waals surface area contributed by atoms with Crippen LogP contribution in [0, 0.1) is 0 Å². The molecule has 0 spiro atoms. The van der Waals surface area contributed by atoms with Gasteiger partial charge in [0, 0.05) is 18.5 Å². The topological polar surface area (TPSA) is 52.3 Å². The highest BCUT2D eigenvalue weighted by molar-refractivity contribution is 5.96. The maximum Gasteiger partial charge on any atom is 0.166 e. The Morgan fingerprint density at radius 1 is 1.29 bits per heavy atom. The molecule has 1 aromatic rings. The lowest BCUT2D eigenvalue weighted by atomic mass is 9.97. The molecular formula is C14H17NO2. The molecule has 1 aliphatic rings. The number of hydrogen-bond acceptors (Lipinski definition) is 3. The van der Waals surface area contributed by atoms with Gasteiger partial charge in [0.1, 0.15) is 0 Å². The van der Waals surface area contributed by atoms with E-state index in [1.807, 2.05) is 24.3 Å². The fourth-order valence-electron chi connectivity index (χ4n) is 1.99. The van der Waals surface area contributed by atoms with E-state index < -0.39 is 0 Å². The molecular weight excluding hydrogens is 214 g/mol. The zero-order chi connectivity index (χ0) is 12.1. The summed E-state index contributed by atoms with van der Waals surface area (Å²) in [5, 5.41) is 0. The Balaban J connectivity index is 2.09. The van der Waals surface area contributed by atoms with Crippen molar-refractivity contribution in [2.75, 3.05) is 6.61 Å². The molecule has 3 nitrogen and oxygen atoms in total. The molecule has 17 heavy (non-hydrogen) atoms. The van der Waals surface area contributed by atoms with Gasteiger partial charge in [-0.05, 0) is 24.0 Å². The summed E-state index contributed by atoms with van der Waals surface area (Å²) in [6, 6.07) is 7.81. The number of Topliss-reactive ketones (excluding diaryl/α,β-unsaturated/α-hetero) is 1. The van der Waals surface area contributed by atoms with E-state index >= 15 is 0 Å². The van der Waals surface area contributed by atoms with Gasteiger partial charge in [-0.25, -0.2) is 0 Å². The summed E-state index contributed by atoms with van der Waals surface area (Å²) in [5.41, 5.74) is 8.51. The second-order valence-corrected chi connectivity index (χ2v) is 4.19. The Kier molecular flexibility index (Phi) is 3.94. The standard InChI is InChI=1S/C14H17NO2/c15-9-12-5-2-1-4-11(12)8-14(16)13-6-3-7-17-10-13/h1-2,4-5,10H,3,6-9,15H2. The van der Waals surface area contributed by atoms with Crippen molar-refractivity contribution in [1.82, 2.24) is 0 Å². The van der Waals surface area contributed by atoms with Crippen LogP contribution in [0.25, 0.3) is 0 Å². The molecule has 0 amide bonds. The van der Waals surface area contributed by atoms with Crippen LogP contribution < -0.4 is 5.73 Å². The molecule has 1 heterocycles. The largest absolute Gasteiger partial charge is 0.501 e. The van der Waals surface area contributed by atoms with Crippen LogP contribution >= 0.6 is 0 Å². The van der Waals surface area contributed by atoms with Crippen LogP contribution in [0.2, 0.25) is 0 Å². The quantitative estimate of drug-likeness (QED) is 0.861. The van der Waals surface area contributed by atoms with Gasteiger partial charge in [-0.15, -0.1) is 0 Å². The molecule has 1 aliphatic heterocycles. The number of allylic oxidation sites excluding steroid dienone is 1. The highest BCUT2D eigenvalue weighted by atomic mass is 16.5. The number of ether oxygens (including phenoxy) is 1. The second-order valence-electron chi connectivity index (χ2n) is 4.19. The first kappa shape index (κ1) is 11.9. The first-order valence-corrected chi connectivity index (χ1v) is 5.92. The van der Waals surface area contributed by atoms with Crippen molar-refractivity contribution in [3.05, 3.63) is 47.2 Å². The van der Waals surface area contributed by atoms with E-state index in [0.717, 1.165) is 36.1 Å². The van der Waals surface area contributed by atoms with Crippen LogP contribution in [0.3, 0.4) is 0 Å². The number of carbonyl (C=O) groups excluding carboxylic acids is 1. The Hall–Kier alpha value is -1.61. The van der Waals surface area contributed by atoms with Crippen molar-refractivity contribution >= 4 is 5.78 Å². The molecule has 0 saturated carbocycles. The highest BCUT2D eigenvalue weighted by Crippen LogP contribution is 2.17. The molecule has 0 atom stereocenters. The summed E-state index contributed by atoms with van der Waals surface area (Å²) in [6.45, 7) is 1.19. The van der Waals surface area contributed by atoms with Gasteiger partial charge in [0.15, 0.2) is 5.78 Å². The van der Waals surface area contributed by atoms with E-state index in [0.29, 0.717) is 13.0 Å². The van der Waals surface area contributed by atoms with E-state index in [-0.39, 0.29) is 5.78 Å². The minimum Gasteiger partial charge on any atom is -0.501 e. The maximum atomic E-state index is 12.0. The van der Waals surface area contributed by atoms with Crippen molar-refractivity contribution in [1.29, 1.82) is 0 Å². The monoisotopic (exact) mass is 231 g/mol. The van der Waals surface area contributed by atoms with Crippen LogP contribution in [0.15, 0.2) is 36.1 Å². The Morgan fingerprint density at radius 3 is 2.71 bits per heavy atom. The summed E-state index contributed by atoms with van der Waals surface area (Å²) < 4.78 is 5.19. The first-order chi connectivity index (χ1) is 8.31. The number of benzene rings is 1. The minimum atomic E-state index is 0.144. The van der Waals surface area contributed by atoms with Gasteiger partial charge >= 0.3 is 0 Å². The van der Waals surface area contributed by atoms with Crippen molar-refractivity contribution in [3.63, 3.8) is 0 Å². The number of ketones is 1. The van der Waals surface area contributed by atoms with E-state index in [1.54, 1.807) is 6.26 Å². The van der Waals surface area contributed by atoms with Crippen LogP contribution in [0.5, 0.6) is 0 Å². The van der Waals surface area contributed by atoms with E-state index in [2.05, 4.69) is 0 Å². The van der Waals surface area contributed by atoms with Crippen molar-refractivity contribution in [2.24, 2.45) is 5.73 Å². The fourth-order valence-corrected chi connectivity index (χ4v) is 1.99. The summed E-state index contributed by atoms with van der Waals surface area (Å²) in [6.07, 6.45) is 3.78. The summed E-state index contributed by atoms with van der Waals surface area (Å²) in [4.78, 5) is 12.0. The van der Waals surface area contributed by atoms with Gasteiger partial charge in [0.25, 0.3) is 0 Å². The lowest BCUT2D eigenvalue weighted by Crippen LogP contribution is -2.13. The average molecular weight is 231 g/mol. The van der Waals surface area contributed by atoms with Crippen molar-refractivity contribution in [3.8, 4) is 0 Å². The lowest BCUT2D eigenvalue weighted by molar-refractivity contribution is -0.115. The zero-order valence-electron chi connectivity index (χ0n) is 9.82. The number of rotatable bonds is 4. The average Bonchev–Trinajstić information content (AvgIpc) is 2.40. The van der Waals surface area contributed by atoms with Gasteiger partial charge < -0.3 is 10.5 Å². The Morgan fingerprint density at radius 2 is 2.06 bits per heavy atom. The highest BCUT2D eigenvalue weighted by Gasteiger charge is 2.14. The van der Waals surface area contributed by atoms with Crippen molar-refractivity contribution in [2.45, 2.75) is 25.8 Å². The molecule has 0 unspecified atom stereocenters. The molecule has 0 bridgehead atoms. The van der Waals surface area contributed by atoms with E-state index in [4.69, 9.17) is 10.5 Å². The van der Waals surface area contributed by atoms with Crippen LogP contribution in [-0.2, 0) is 22.5 Å². The predicted octanol–water partition coefficient (Wildman–Crippen LogP) is 1.95. The molecule has 1 aromatic carbocycles. The van der Waals surface area contributed by atoms with Crippen molar-refractivity contribution < 1.29 is 9.53 Å². The number of hydrogen-bond donors (Lipinski definition) is 1. The van der Waals surface area contributed by atoms with E-state index in [1.165, 1.54) is 0 Å². The lowest BCUT2D eigenvalue weighted by Gasteiger charge is -2.13.